The molecule has 3 rings (SSSR count). The minimum atomic E-state index is -0.941. The van der Waals surface area contributed by atoms with Crippen LogP contribution in [0, 0.1) is 11.6 Å². The first-order valence-corrected chi connectivity index (χ1v) is 8.94. The highest BCUT2D eigenvalue weighted by molar-refractivity contribution is 14.0. The first kappa shape index (κ1) is 22.9. The zero-order chi connectivity index (χ0) is 19.9. The summed E-state index contributed by atoms with van der Waals surface area (Å²) in [6.07, 6.45) is 1.48. The van der Waals surface area contributed by atoms with Crippen LogP contribution in [0.2, 0.25) is 0 Å². The predicted molar refractivity (Wildman–Crippen MR) is 115 cm³/mol. The number of hydrogen-bond donors (Lipinski definition) is 1. The van der Waals surface area contributed by atoms with Crippen LogP contribution in [-0.2, 0) is 0 Å². The second-order valence-corrected chi connectivity index (χ2v) is 6.15. The van der Waals surface area contributed by atoms with Crippen LogP contribution in [0.5, 0.6) is 5.75 Å². The van der Waals surface area contributed by atoms with E-state index in [1.54, 1.807) is 24.1 Å². The average molecular weight is 520 g/mol. The topological polar surface area (TPSA) is 70.3 Å². The van der Waals surface area contributed by atoms with Gasteiger partial charge < -0.3 is 24.3 Å². The van der Waals surface area contributed by atoms with Crippen LogP contribution in [0.1, 0.15) is 10.6 Å². The van der Waals surface area contributed by atoms with E-state index < -0.39 is 11.6 Å². The Balaban J connectivity index is 0.00000300. The van der Waals surface area contributed by atoms with E-state index in [-0.39, 0.29) is 42.2 Å². The van der Waals surface area contributed by atoms with Gasteiger partial charge in [0.1, 0.15) is 12.4 Å². The van der Waals surface area contributed by atoms with Crippen molar-refractivity contribution in [2.45, 2.75) is 0 Å². The monoisotopic (exact) mass is 520 g/mol. The fraction of sp³-hybridized carbons (Fsp3) is 0.368. The maximum atomic E-state index is 13.2. The molecule has 0 spiro atoms. The lowest BCUT2D eigenvalue weighted by atomic mass is 10.3. The molecule has 0 unspecified atom stereocenters. The smallest absolute Gasteiger partial charge is 0.289 e. The molecule has 1 N–H and O–H groups in total. The van der Waals surface area contributed by atoms with Crippen LogP contribution in [0.4, 0.5) is 8.78 Å². The van der Waals surface area contributed by atoms with Crippen molar-refractivity contribution in [1.82, 2.24) is 15.1 Å². The molecule has 1 amide bonds. The Hall–Kier alpha value is -2.37. The van der Waals surface area contributed by atoms with Gasteiger partial charge in [0, 0.05) is 39.3 Å². The highest BCUT2D eigenvalue weighted by Gasteiger charge is 2.25. The minimum absolute atomic E-state index is 0. The van der Waals surface area contributed by atoms with Crippen molar-refractivity contribution in [2.24, 2.45) is 4.99 Å². The Kier molecular flexibility index (Phi) is 8.68. The summed E-state index contributed by atoms with van der Waals surface area (Å²) < 4.78 is 36.6. The van der Waals surface area contributed by atoms with Crippen molar-refractivity contribution in [1.29, 1.82) is 0 Å². The first-order chi connectivity index (χ1) is 13.6. The molecule has 0 atom stereocenters. The van der Waals surface area contributed by atoms with Crippen molar-refractivity contribution in [2.75, 3.05) is 46.4 Å². The van der Waals surface area contributed by atoms with Crippen molar-refractivity contribution < 1.29 is 22.7 Å². The first-order valence-electron chi connectivity index (χ1n) is 8.94. The van der Waals surface area contributed by atoms with Crippen molar-refractivity contribution in [3.63, 3.8) is 0 Å². The van der Waals surface area contributed by atoms with E-state index in [9.17, 15) is 13.6 Å². The number of aliphatic imine (C=N–C) groups is 1. The van der Waals surface area contributed by atoms with Crippen molar-refractivity contribution in [3.05, 3.63) is 54.0 Å². The minimum Gasteiger partial charge on any atom is -0.492 e. The number of nitrogens with one attached hydrogen (secondary N) is 1. The van der Waals surface area contributed by atoms with Gasteiger partial charge in [-0.1, -0.05) is 0 Å². The fourth-order valence-electron chi connectivity index (χ4n) is 2.91. The van der Waals surface area contributed by atoms with E-state index in [2.05, 4.69) is 10.3 Å². The number of furan rings is 1. The van der Waals surface area contributed by atoms with Crippen LogP contribution >= 0.6 is 24.0 Å². The molecule has 1 aliphatic rings. The zero-order valence-electron chi connectivity index (χ0n) is 15.9. The lowest BCUT2D eigenvalue weighted by molar-refractivity contribution is 0.0657. The summed E-state index contributed by atoms with van der Waals surface area (Å²) in [5, 5.41) is 3.17. The molecule has 0 aliphatic carbocycles. The van der Waals surface area contributed by atoms with E-state index in [1.165, 1.54) is 12.3 Å². The molecule has 10 heteroatoms. The SMILES string of the molecule is CN=C(NCCOc1ccc(F)c(F)c1)N1CCN(C(=O)c2ccco2)CC1.I. The molecule has 1 aromatic carbocycles. The molecule has 0 saturated carbocycles. The third kappa shape index (κ3) is 6.05. The summed E-state index contributed by atoms with van der Waals surface area (Å²) in [6, 6.07) is 6.77. The predicted octanol–water partition coefficient (Wildman–Crippen LogP) is 2.59. The molecule has 1 saturated heterocycles. The maximum absolute atomic E-state index is 13.2. The zero-order valence-corrected chi connectivity index (χ0v) is 18.3. The molecule has 2 heterocycles. The highest BCUT2D eigenvalue weighted by Crippen LogP contribution is 2.15. The van der Waals surface area contributed by atoms with Gasteiger partial charge in [-0.15, -0.1) is 24.0 Å². The summed E-state index contributed by atoms with van der Waals surface area (Å²) in [7, 11) is 1.68. The van der Waals surface area contributed by atoms with Gasteiger partial charge in [-0.05, 0) is 24.3 Å². The molecule has 158 valence electrons. The second-order valence-electron chi connectivity index (χ2n) is 6.15. The Morgan fingerprint density at radius 2 is 1.90 bits per heavy atom. The van der Waals surface area contributed by atoms with Gasteiger partial charge in [-0.25, -0.2) is 8.78 Å². The van der Waals surface area contributed by atoms with Gasteiger partial charge in [0.25, 0.3) is 5.91 Å². The fourth-order valence-corrected chi connectivity index (χ4v) is 2.91. The van der Waals surface area contributed by atoms with E-state index >= 15 is 0 Å². The normalized spacial score (nSPS) is 14.4. The summed E-state index contributed by atoms with van der Waals surface area (Å²) in [6.45, 7) is 3.10. The summed E-state index contributed by atoms with van der Waals surface area (Å²) >= 11 is 0. The summed E-state index contributed by atoms with van der Waals surface area (Å²) in [5.74, 6) is -0.670. The van der Waals surface area contributed by atoms with E-state index in [1.807, 2.05) is 4.90 Å². The van der Waals surface area contributed by atoms with Gasteiger partial charge in [0.05, 0.1) is 12.8 Å². The van der Waals surface area contributed by atoms with Gasteiger partial charge in [-0.2, -0.15) is 0 Å². The van der Waals surface area contributed by atoms with Crippen LogP contribution in [0.3, 0.4) is 0 Å². The van der Waals surface area contributed by atoms with Gasteiger partial charge in [-0.3, -0.25) is 9.79 Å². The van der Waals surface area contributed by atoms with E-state index in [4.69, 9.17) is 9.15 Å². The summed E-state index contributed by atoms with van der Waals surface area (Å²) in [5.41, 5.74) is 0. The molecule has 1 aliphatic heterocycles. The standard InChI is InChI=1S/C19H22F2N4O3.HI/c1-22-19(23-6-12-27-14-4-5-15(20)16(21)13-14)25-9-7-24(8-10-25)18(26)17-3-2-11-28-17;/h2-5,11,13H,6-10,12H2,1H3,(H,22,23);1H. The second kappa shape index (κ2) is 11.0. The van der Waals surface area contributed by atoms with Crippen LogP contribution < -0.4 is 10.1 Å². The molecule has 0 bridgehead atoms. The number of nitrogens with zero attached hydrogens (tertiary/aromatic N) is 3. The Morgan fingerprint density at radius 3 is 2.52 bits per heavy atom. The van der Waals surface area contributed by atoms with Crippen LogP contribution in [0.25, 0.3) is 0 Å². The number of carbonyl (C=O) groups is 1. The molecule has 2 aromatic rings. The average Bonchev–Trinajstić information content (AvgIpc) is 3.25. The molecule has 1 fully saturated rings. The van der Waals surface area contributed by atoms with E-state index in [0.717, 1.165) is 12.1 Å². The maximum Gasteiger partial charge on any atom is 0.289 e. The van der Waals surface area contributed by atoms with Crippen LogP contribution in [0.15, 0.2) is 46.0 Å². The van der Waals surface area contributed by atoms with E-state index in [0.29, 0.717) is 44.4 Å². The third-order valence-corrected chi connectivity index (χ3v) is 4.36. The number of hydrogen-bond acceptors (Lipinski definition) is 4. The Bertz CT molecular complexity index is 825. The van der Waals surface area contributed by atoms with Crippen molar-refractivity contribution >= 4 is 35.8 Å². The number of halogens is 3. The Labute approximate surface area is 184 Å². The van der Waals surface area contributed by atoms with Gasteiger partial charge in [0.15, 0.2) is 23.4 Å². The number of rotatable bonds is 5. The molecule has 1 aromatic heterocycles. The number of amides is 1. The number of benzene rings is 1. The lowest BCUT2D eigenvalue weighted by Crippen LogP contribution is -2.54. The highest BCUT2D eigenvalue weighted by atomic mass is 127. The summed E-state index contributed by atoms with van der Waals surface area (Å²) in [4.78, 5) is 20.3. The molecule has 29 heavy (non-hydrogen) atoms. The Morgan fingerprint density at radius 1 is 1.17 bits per heavy atom. The third-order valence-electron chi connectivity index (χ3n) is 4.36. The molecule has 7 nitrogen and oxygen atoms in total. The van der Waals surface area contributed by atoms with Gasteiger partial charge >= 0.3 is 0 Å². The number of carbonyl (C=O) groups excluding carboxylic acids is 1. The molecular formula is C19H23F2IN4O3. The molecular weight excluding hydrogens is 497 g/mol. The number of guanidine groups is 1. The largest absolute Gasteiger partial charge is 0.492 e. The quantitative estimate of drug-likeness (QED) is 0.284. The van der Waals surface area contributed by atoms with Crippen LogP contribution in [-0.4, -0.2) is 68.0 Å². The molecule has 0 radical (unpaired) electrons. The van der Waals surface area contributed by atoms with Crippen molar-refractivity contribution in [3.8, 4) is 5.75 Å². The van der Waals surface area contributed by atoms with Gasteiger partial charge in [0.2, 0.25) is 0 Å². The lowest BCUT2D eigenvalue weighted by Gasteiger charge is -2.36. The number of piperazine rings is 1. The number of ether oxygens (including phenoxy) is 1.